The van der Waals surface area contributed by atoms with E-state index in [1.165, 1.54) is 6.07 Å². The fourth-order valence-corrected chi connectivity index (χ4v) is 2.59. The first kappa shape index (κ1) is 12.3. The summed E-state index contributed by atoms with van der Waals surface area (Å²) in [7, 11) is -3.92. The molecule has 0 spiro atoms. The summed E-state index contributed by atoms with van der Waals surface area (Å²) in [6.45, 7) is 0. The molecule has 0 aromatic heterocycles. The van der Waals surface area contributed by atoms with Crippen LogP contribution < -0.4 is 4.83 Å². The molecule has 0 radical (unpaired) electrons. The highest BCUT2D eigenvalue weighted by molar-refractivity contribution is 7.89. The van der Waals surface area contributed by atoms with E-state index >= 15 is 0 Å². The van der Waals surface area contributed by atoms with Crippen LogP contribution in [-0.4, -0.2) is 8.42 Å². The van der Waals surface area contributed by atoms with Gasteiger partial charge in [-0.15, -0.1) is 4.91 Å². The minimum absolute atomic E-state index is 0.0239. The molecule has 0 unspecified atom stereocenters. The minimum atomic E-state index is -3.92. The van der Waals surface area contributed by atoms with Crippen LogP contribution in [0.2, 0.25) is 0 Å². The van der Waals surface area contributed by atoms with Gasteiger partial charge in [-0.25, -0.2) is 0 Å². The number of hydrogen-bond donors (Lipinski definition) is 1. The molecule has 0 saturated carbocycles. The highest BCUT2D eigenvalue weighted by atomic mass is 32.2. The Morgan fingerprint density at radius 2 is 1.50 bits per heavy atom. The van der Waals surface area contributed by atoms with Crippen LogP contribution in [0.3, 0.4) is 0 Å². The molecule has 0 saturated heterocycles. The van der Waals surface area contributed by atoms with E-state index in [0.29, 0.717) is 5.56 Å². The Bertz CT molecular complexity index is 654. The van der Waals surface area contributed by atoms with Crippen LogP contribution in [-0.2, 0) is 10.0 Å². The van der Waals surface area contributed by atoms with Crippen LogP contribution in [0.5, 0.6) is 0 Å². The van der Waals surface area contributed by atoms with E-state index in [1.54, 1.807) is 35.2 Å². The SMILES string of the molecule is O=NNS(=O)(=O)c1ccccc1-c1ccccc1. The molecule has 18 heavy (non-hydrogen) atoms. The fraction of sp³-hybridized carbons (Fsp3) is 0. The Balaban J connectivity index is 2.61. The van der Waals surface area contributed by atoms with Gasteiger partial charge in [-0.1, -0.05) is 48.5 Å². The Morgan fingerprint density at radius 3 is 2.17 bits per heavy atom. The third-order valence-corrected chi connectivity index (χ3v) is 3.67. The van der Waals surface area contributed by atoms with Crippen LogP contribution in [0.25, 0.3) is 11.1 Å². The summed E-state index contributed by atoms with van der Waals surface area (Å²) in [5.41, 5.74) is 1.28. The van der Waals surface area contributed by atoms with Gasteiger partial charge in [0.2, 0.25) is 0 Å². The van der Waals surface area contributed by atoms with E-state index in [9.17, 15) is 13.3 Å². The average molecular weight is 262 g/mol. The Labute approximate surface area is 104 Å². The first-order valence-electron chi connectivity index (χ1n) is 5.14. The van der Waals surface area contributed by atoms with Crippen molar-refractivity contribution in [2.24, 2.45) is 5.29 Å². The predicted octanol–water partition coefficient (Wildman–Crippen LogP) is 2.31. The zero-order valence-electron chi connectivity index (χ0n) is 9.28. The highest BCUT2D eigenvalue weighted by Crippen LogP contribution is 2.26. The summed E-state index contributed by atoms with van der Waals surface area (Å²) >= 11 is 0. The second-order valence-corrected chi connectivity index (χ2v) is 5.18. The van der Waals surface area contributed by atoms with Crippen molar-refractivity contribution in [1.82, 2.24) is 4.83 Å². The van der Waals surface area contributed by atoms with E-state index in [-0.39, 0.29) is 4.90 Å². The van der Waals surface area contributed by atoms with Crippen LogP contribution in [0, 0.1) is 4.91 Å². The summed E-state index contributed by atoms with van der Waals surface area (Å²) in [5.74, 6) is 0. The average Bonchev–Trinajstić information content (AvgIpc) is 2.40. The summed E-state index contributed by atoms with van der Waals surface area (Å²) in [6, 6.07) is 15.5. The van der Waals surface area contributed by atoms with E-state index in [1.807, 2.05) is 18.2 Å². The van der Waals surface area contributed by atoms with Gasteiger partial charge >= 0.3 is 0 Å². The van der Waals surface area contributed by atoms with Crippen molar-refractivity contribution < 1.29 is 8.42 Å². The molecule has 2 rings (SSSR count). The molecule has 0 aliphatic rings. The van der Waals surface area contributed by atoms with Crippen molar-refractivity contribution in [2.75, 3.05) is 0 Å². The minimum Gasteiger partial charge on any atom is -0.200 e. The molecule has 92 valence electrons. The molecular formula is C12H10N2O3S. The molecule has 0 atom stereocenters. The van der Waals surface area contributed by atoms with Gasteiger partial charge in [0.05, 0.1) is 10.2 Å². The largest absolute Gasteiger partial charge is 0.279 e. The Kier molecular flexibility index (Phi) is 3.38. The highest BCUT2D eigenvalue weighted by Gasteiger charge is 2.18. The van der Waals surface area contributed by atoms with Gasteiger partial charge in [-0.3, -0.25) is 0 Å². The zero-order valence-corrected chi connectivity index (χ0v) is 10.1. The topological polar surface area (TPSA) is 75.6 Å². The number of hydrogen-bond acceptors (Lipinski definition) is 4. The van der Waals surface area contributed by atoms with Gasteiger partial charge in [0.1, 0.15) is 0 Å². The Hall–Kier alpha value is -2.21. The predicted molar refractivity (Wildman–Crippen MR) is 68.0 cm³/mol. The number of nitrogens with one attached hydrogen (secondary N) is 1. The molecule has 0 fully saturated rings. The Morgan fingerprint density at radius 1 is 0.889 bits per heavy atom. The molecule has 0 aliphatic carbocycles. The number of rotatable bonds is 4. The van der Waals surface area contributed by atoms with Crippen molar-refractivity contribution in [1.29, 1.82) is 0 Å². The number of nitrogens with zero attached hydrogens (tertiary/aromatic N) is 1. The van der Waals surface area contributed by atoms with Crippen molar-refractivity contribution in [3.8, 4) is 11.1 Å². The molecule has 0 aliphatic heterocycles. The van der Waals surface area contributed by atoms with Crippen molar-refractivity contribution in [2.45, 2.75) is 4.90 Å². The van der Waals surface area contributed by atoms with E-state index < -0.39 is 10.0 Å². The number of sulfonamides is 1. The molecule has 6 heteroatoms. The lowest BCUT2D eigenvalue weighted by Crippen LogP contribution is -2.18. The standard InChI is InChI=1S/C12H10N2O3S/c15-13-14-18(16,17)12-9-5-4-8-11(12)10-6-2-1-3-7-10/h1-9H,(H,14,15). The maximum Gasteiger partial charge on any atom is 0.279 e. The van der Waals surface area contributed by atoms with Gasteiger partial charge in [0.25, 0.3) is 10.0 Å². The molecule has 5 nitrogen and oxygen atoms in total. The van der Waals surface area contributed by atoms with Gasteiger partial charge in [0.15, 0.2) is 0 Å². The zero-order chi connectivity index (χ0) is 13.0. The van der Waals surface area contributed by atoms with Crippen molar-refractivity contribution >= 4 is 10.0 Å². The van der Waals surface area contributed by atoms with Gasteiger partial charge in [-0.05, 0) is 11.6 Å². The molecule has 0 amide bonds. The smallest absolute Gasteiger partial charge is 0.200 e. The van der Waals surface area contributed by atoms with Crippen LogP contribution >= 0.6 is 0 Å². The molecule has 2 aromatic rings. The first-order chi connectivity index (χ1) is 8.65. The normalized spacial score (nSPS) is 10.9. The first-order valence-corrected chi connectivity index (χ1v) is 6.62. The summed E-state index contributed by atoms with van der Waals surface area (Å²) < 4.78 is 23.6. The lowest BCUT2D eigenvalue weighted by Gasteiger charge is -2.08. The fourth-order valence-electron chi connectivity index (χ4n) is 1.66. The summed E-state index contributed by atoms with van der Waals surface area (Å²) in [4.78, 5) is 11.7. The monoisotopic (exact) mass is 262 g/mol. The summed E-state index contributed by atoms with van der Waals surface area (Å²) in [5, 5.41) is 2.23. The van der Waals surface area contributed by atoms with Crippen LogP contribution in [0.4, 0.5) is 0 Å². The van der Waals surface area contributed by atoms with Gasteiger partial charge in [0, 0.05) is 5.56 Å². The number of nitroso groups, excluding NO2 is 1. The van der Waals surface area contributed by atoms with Crippen LogP contribution in [0.15, 0.2) is 64.8 Å². The van der Waals surface area contributed by atoms with Crippen molar-refractivity contribution in [3.63, 3.8) is 0 Å². The second kappa shape index (κ2) is 4.97. The third-order valence-electron chi connectivity index (χ3n) is 2.42. The lowest BCUT2D eigenvalue weighted by molar-refractivity contribution is 0.584. The second-order valence-electron chi connectivity index (χ2n) is 3.55. The lowest BCUT2D eigenvalue weighted by atomic mass is 10.1. The molecular weight excluding hydrogens is 252 g/mol. The van der Waals surface area contributed by atoms with Crippen LogP contribution in [0.1, 0.15) is 0 Å². The molecule has 0 bridgehead atoms. The quantitative estimate of drug-likeness (QED) is 0.678. The van der Waals surface area contributed by atoms with E-state index in [0.717, 1.165) is 5.56 Å². The number of benzene rings is 2. The van der Waals surface area contributed by atoms with E-state index in [4.69, 9.17) is 0 Å². The molecule has 0 heterocycles. The summed E-state index contributed by atoms with van der Waals surface area (Å²) in [6.07, 6.45) is 0. The maximum absolute atomic E-state index is 11.8. The van der Waals surface area contributed by atoms with Gasteiger partial charge < -0.3 is 0 Å². The maximum atomic E-state index is 11.8. The van der Waals surface area contributed by atoms with Crippen molar-refractivity contribution in [3.05, 3.63) is 59.5 Å². The van der Waals surface area contributed by atoms with Gasteiger partial charge in [-0.2, -0.15) is 13.2 Å². The third kappa shape index (κ3) is 2.38. The molecule has 2 aromatic carbocycles. The molecule has 1 N–H and O–H groups in total. The van der Waals surface area contributed by atoms with E-state index in [2.05, 4.69) is 5.29 Å².